The quantitative estimate of drug-likeness (QED) is 0.468. The van der Waals surface area contributed by atoms with E-state index in [0.717, 1.165) is 31.9 Å². The molecule has 0 radical (unpaired) electrons. The largest absolute Gasteiger partial charge is 0.357 e. The number of sulfonamides is 1. The third kappa shape index (κ3) is 7.60. The molecule has 0 aromatic heterocycles. The molecule has 0 bridgehead atoms. The molecule has 1 aliphatic heterocycles. The first kappa shape index (κ1) is 23.6. The Morgan fingerprint density at radius 1 is 1.24 bits per heavy atom. The molecule has 0 amide bonds. The molecule has 1 saturated heterocycles. The van der Waals surface area contributed by atoms with Crippen molar-refractivity contribution >= 4 is 16.0 Å². The van der Waals surface area contributed by atoms with Gasteiger partial charge in [-0.15, -0.1) is 0 Å². The second-order valence-electron chi connectivity index (χ2n) is 7.69. The first-order valence-electron chi connectivity index (χ1n) is 10.6. The van der Waals surface area contributed by atoms with Gasteiger partial charge in [0.25, 0.3) is 0 Å². The Morgan fingerprint density at radius 2 is 1.90 bits per heavy atom. The molecule has 8 heteroatoms. The van der Waals surface area contributed by atoms with Crippen LogP contribution in [0.5, 0.6) is 0 Å². The molecule has 1 atom stereocenters. The lowest BCUT2D eigenvalue weighted by atomic mass is 10.1. The van der Waals surface area contributed by atoms with Crippen LogP contribution in [0.1, 0.15) is 39.2 Å². The number of hydrogen-bond donors (Lipinski definition) is 2. The lowest BCUT2D eigenvalue weighted by Gasteiger charge is -2.32. The normalized spacial score (nSPS) is 18.0. The average Bonchev–Trinajstić information content (AvgIpc) is 2.73. The molecular weight excluding hydrogens is 386 g/mol. The molecular formula is C21H37N5O2S. The van der Waals surface area contributed by atoms with E-state index >= 15 is 0 Å². The van der Waals surface area contributed by atoms with Gasteiger partial charge >= 0.3 is 0 Å². The molecule has 1 unspecified atom stereocenters. The maximum atomic E-state index is 12.0. The van der Waals surface area contributed by atoms with Crippen molar-refractivity contribution < 1.29 is 8.42 Å². The maximum Gasteiger partial charge on any atom is 0.213 e. The second kappa shape index (κ2) is 11.5. The van der Waals surface area contributed by atoms with Crippen LogP contribution in [-0.4, -0.2) is 74.6 Å². The van der Waals surface area contributed by atoms with Crippen molar-refractivity contribution in [1.82, 2.24) is 19.8 Å². The highest BCUT2D eigenvalue weighted by Crippen LogP contribution is 2.14. The summed E-state index contributed by atoms with van der Waals surface area (Å²) in [6.07, 6.45) is 1.60. The van der Waals surface area contributed by atoms with Crippen LogP contribution in [0.25, 0.3) is 0 Å². The third-order valence-corrected chi connectivity index (χ3v) is 7.32. The van der Waals surface area contributed by atoms with Gasteiger partial charge in [0, 0.05) is 38.3 Å². The molecule has 2 rings (SSSR count). The van der Waals surface area contributed by atoms with E-state index < -0.39 is 10.0 Å². The van der Waals surface area contributed by atoms with E-state index in [1.165, 1.54) is 5.56 Å². The summed E-state index contributed by atoms with van der Waals surface area (Å²) in [6, 6.07) is 11.0. The van der Waals surface area contributed by atoms with E-state index in [1.807, 2.05) is 6.07 Å². The van der Waals surface area contributed by atoms with Gasteiger partial charge in [-0.1, -0.05) is 30.3 Å². The third-order valence-electron chi connectivity index (χ3n) is 5.44. The molecule has 164 valence electrons. The van der Waals surface area contributed by atoms with Gasteiger partial charge in [-0.25, -0.2) is 12.7 Å². The number of nitrogens with zero attached hydrogens (tertiary/aromatic N) is 3. The zero-order valence-electron chi connectivity index (χ0n) is 18.3. The number of nitrogens with one attached hydrogen (secondary N) is 2. The fraction of sp³-hybridized carbons (Fsp3) is 0.667. The molecule has 0 saturated carbocycles. The lowest BCUT2D eigenvalue weighted by Crippen LogP contribution is -2.50. The first-order chi connectivity index (χ1) is 13.9. The van der Waals surface area contributed by atoms with Gasteiger partial charge in [0.05, 0.1) is 12.3 Å². The van der Waals surface area contributed by atoms with Crippen LogP contribution < -0.4 is 10.6 Å². The summed E-state index contributed by atoms with van der Waals surface area (Å²) in [5, 5.41) is 6.80. The Bertz CT molecular complexity index is 731. The minimum atomic E-state index is -3.09. The minimum absolute atomic E-state index is 0.170. The first-order valence-corrected chi connectivity index (χ1v) is 12.2. The SMILES string of the molecule is CCNC(=NCC(C)N(C)Cc1ccccc1)NC1CCN(S(=O)(=O)CC)CC1. The van der Waals surface area contributed by atoms with Gasteiger partial charge in [-0.05, 0) is 46.2 Å². The van der Waals surface area contributed by atoms with Crippen molar-refractivity contribution in [1.29, 1.82) is 0 Å². The average molecular weight is 424 g/mol. The van der Waals surface area contributed by atoms with Gasteiger partial charge < -0.3 is 10.6 Å². The standard InChI is InChI=1S/C21H37N5O2S/c1-5-22-21(24-20-12-14-26(15-13-20)29(27,28)6-2)23-16-18(3)25(4)17-19-10-8-7-9-11-19/h7-11,18,20H,5-6,12-17H2,1-4H3,(H2,22,23,24). The maximum absolute atomic E-state index is 12.0. The van der Waals surface area contributed by atoms with Gasteiger partial charge in [0.2, 0.25) is 10.0 Å². The molecule has 1 fully saturated rings. The van der Waals surface area contributed by atoms with E-state index in [9.17, 15) is 8.42 Å². The molecule has 29 heavy (non-hydrogen) atoms. The summed E-state index contributed by atoms with van der Waals surface area (Å²) in [7, 11) is -0.964. The summed E-state index contributed by atoms with van der Waals surface area (Å²) in [5.74, 6) is 0.980. The summed E-state index contributed by atoms with van der Waals surface area (Å²) in [6.45, 7) is 9.47. The molecule has 1 aliphatic rings. The fourth-order valence-electron chi connectivity index (χ4n) is 3.36. The zero-order valence-corrected chi connectivity index (χ0v) is 19.1. The predicted molar refractivity (Wildman–Crippen MR) is 121 cm³/mol. The minimum Gasteiger partial charge on any atom is -0.357 e. The van der Waals surface area contributed by atoms with E-state index in [2.05, 4.69) is 60.7 Å². The summed E-state index contributed by atoms with van der Waals surface area (Å²) < 4.78 is 25.7. The van der Waals surface area contributed by atoms with Crippen molar-refractivity contribution in [2.45, 2.75) is 52.2 Å². The highest BCUT2D eigenvalue weighted by molar-refractivity contribution is 7.89. The molecule has 1 aromatic carbocycles. The molecule has 1 aromatic rings. The Morgan fingerprint density at radius 3 is 2.48 bits per heavy atom. The van der Waals surface area contributed by atoms with Crippen molar-refractivity contribution in [3.63, 3.8) is 0 Å². The smallest absolute Gasteiger partial charge is 0.213 e. The van der Waals surface area contributed by atoms with Crippen molar-refractivity contribution in [2.75, 3.05) is 39.0 Å². The van der Waals surface area contributed by atoms with Crippen LogP contribution in [0.4, 0.5) is 0 Å². The topological polar surface area (TPSA) is 77.0 Å². The van der Waals surface area contributed by atoms with E-state index in [1.54, 1.807) is 11.2 Å². The molecule has 1 heterocycles. The Balaban J connectivity index is 1.86. The number of hydrogen-bond acceptors (Lipinski definition) is 4. The summed E-state index contributed by atoms with van der Waals surface area (Å²) >= 11 is 0. The number of benzene rings is 1. The fourth-order valence-corrected chi connectivity index (χ4v) is 4.50. The summed E-state index contributed by atoms with van der Waals surface area (Å²) in [5.41, 5.74) is 1.30. The van der Waals surface area contributed by atoms with Crippen molar-refractivity contribution in [3.8, 4) is 0 Å². The zero-order chi connectivity index (χ0) is 21.3. The predicted octanol–water partition coefficient (Wildman–Crippen LogP) is 1.88. The van der Waals surface area contributed by atoms with E-state index in [0.29, 0.717) is 25.7 Å². The number of piperidine rings is 1. The molecule has 7 nitrogen and oxygen atoms in total. The summed E-state index contributed by atoms with van der Waals surface area (Å²) in [4.78, 5) is 7.08. The van der Waals surface area contributed by atoms with Crippen molar-refractivity contribution in [2.24, 2.45) is 4.99 Å². The van der Waals surface area contributed by atoms with Crippen LogP contribution >= 0.6 is 0 Å². The second-order valence-corrected chi connectivity index (χ2v) is 9.95. The van der Waals surface area contributed by atoms with Crippen LogP contribution in [0, 0.1) is 0 Å². The van der Waals surface area contributed by atoms with Crippen LogP contribution in [0.2, 0.25) is 0 Å². The molecule has 0 aliphatic carbocycles. The van der Waals surface area contributed by atoms with Gasteiger partial charge in [0.15, 0.2) is 5.96 Å². The van der Waals surface area contributed by atoms with Crippen LogP contribution in [0.3, 0.4) is 0 Å². The molecule has 2 N–H and O–H groups in total. The Kier molecular flexibility index (Phi) is 9.39. The Hall–Kier alpha value is -1.64. The number of aliphatic imine (C=N–C) groups is 1. The molecule has 0 spiro atoms. The van der Waals surface area contributed by atoms with Crippen LogP contribution in [-0.2, 0) is 16.6 Å². The number of likely N-dealkylation sites (N-methyl/N-ethyl adjacent to an activating group) is 1. The monoisotopic (exact) mass is 423 g/mol. The van der Waals surface area contributed by atoms with Gasteiger partial charge in [-0.2, -0.15) is 0 Å². The highest BCUT2D eigenvalue weighted by Gasteiger charge is 2.27. The van der Waals surface area contributed by atoms with E-state index in [4.69, 9.17) is 4.99 Å². The van der Waals surface area contributed by atoms with Crippen molar-refractivity contribution in [3.05, 3.63) is 35.9 Å². The van der Waals surface area contributed by atoms with Gasteiger partial charge in [0.1, 0.15) is 0 Å². The lowest BCUT2D eigenvalue weighted by molar-refractivity contribution is 0.254. The number of rotatable bonds is 9. The van der Waals surface area contributed by atoms with Gasteiger partial charge in [-0.3, -0.25) is 9.89 Å². The Labute approximate surface area is 176 Å². The highest BCUT2D eigenvalue weighted by atomic mass is 32.2. The number of guanidine groups is 1. The van der Waals surface area contributed by atoms with Crippen LogP contribution in [0.15, 0.2) is 35.3 Å². The van der Waals surface area contributed by atoms with E-state index in [-0.39, 0.29) is 11.8 Å².